The molecule has 1 amide bonds. The highest BCUT2D eigenvalue weighted by atomic mass is 16.3. The van der Waals surface area contributed by atoms with Gasteiger partial charge in [0, 0.05) is 13.1 Å². The molecule has 4 nitrogen and oxygen atoms in total. The van der Waals surface area contributed by atoms with Crippen LogP contribution in [0.2, 0.25) is 0 Å². The third-order valence-corrected chi connectivity index (χ3v) is 3.30. The van der Waals surface area contributed by atoms with E-state index in [1.165, 1.54) is 17.4 Å². The van der Waals surface area contributed by atoms with E-state index in [-0.39, 0.29) is 5.91 Å². The van der Waals surface area contributed by atoms with Crippen molar-refractivity contribution in [3.63, 3.8) is 0 Å². The van der Waals surface area contributed by atoms with Gasteiger partial charge in [0.1, 0.15) is 0 Å². The van der Waals surface area contributed by atoms with Crippen molar-refractivity contribution in [2.24, 2.45) is 0 Å². The number of hydrogen-bond acceptors (Lipinski definition) is 3. The quantitative estimate of drug-likeness (QED) is 0.931. The zero-order chi connectivity index (χ0) is 13.8. The molecule has 2 aromatic rings. The highest BCUT2D eigenvalue weighted by Gasteiger charge is 2.17. The molecule has 1 aromatic heterocycles. The Morgan fingerprint density at radius 3 is 2.75 bits per heavy atom. The van der Waals surface area contributed by atoms with Crippen LogP contribution < -0.4 is 5.43 Å². The van der Waals surface area contributed by atoms with Gasteiger partial charge in [-0.25, -0.2) is 5.01 Å². The lowest BCUT2D eigenvalue weighted by atomic mass is 10.0. The summed E-state index contributed by atoms with van der Waals surface area (Å²) in [5.74, 6) is 0.130. The fraction of sp³-hybridized carbons (Fsp3) is 0.188. The van der Waals surface area contributed by atoms with Gasteiger partial charge >= 0.3 is 5.91 Å². The molecule has 0 atom stereocenters. The molecule has 20 heavy (non-hydrogen) atoms. The Bertz CT molecular complexity index is 603. The van der Waals surface area contributed by atoms with Crippen LogP contribution in [0.4, 0.5) is 0 Å². The second kappa shape index (κ2) is 5.75. The van der Waals surface area contributed by atoms with Gasteiger partial charge < -0.3 is 4.42 Å². The second-order valence-electron chi connectivity index (χ2n) is 4.72. The van der Waals surface area contributed by atoms with Crippen LogP contribution in [-0.2, 0) is 0 Å². The lowest BCUT2D eigenvalue weighted by Crippen LogP contribution is -2.44. The summed E-state index contributed by atoms with van der Waals surface area (Å²) in [5, 5.41) is 1.92. The molecule has 0 aliphatic carbocycles. The minimum atomic E-state index is -0.204. The van der Waals surface area contributed by atoms with E-state index in [9.17, 15) is 4.79 Å². The third kappa shape index (κ3) is 2.81. The Balaban J connectivity index is 1.66. The number of hydrazine groups is 1. The second-order valence-corrected chi connectivity index (χ2v) is 4.72. The van der Waals surface area contributed by atoms with Crippen LogP contribution in [0.1, 0.15) is 22.5 Å². The highest BCUT2D eigenvalue weighted by Crippen LogP contribution is 2.19. The van der Waals surface area contributed by atoms with Gasteiger partial charge in [0.2, 0.25) is 0 Å². The van der Waals surface area contributed by atoms with Crippen LogP contribution in [0.25, 0.3) is 5.57 Å². The maximum absolute atomic E-state index is 12.0. The van der Waals surface area contributed by atoms with Gasteiger partial charge in [-0.2, -0.15) is 0 Å². The Morgan fingerprint density at radius 2 is 2.00 bits per heavy atom. The summed E-state index contributed by atoms with van der Waals surface area (Å²) < 4.78 is 5.09. The lowest BCUT2D eigenvalue weighted by Gasteiger charge is -2.27. The molecule has 1 N–H and O–H groups in total. The van der Waals surface area contributed by atoms with Crippen LogP contribution in [0.5, 0.6) is 0 Å². The number of nitrogens with one attached hydrogen (secondary N) is 1. The number of hydrogen-bond donors (Lipinski definition) is 1. The third-order valence-electron chi connectivity index (χ3n) is 3.30. The summed E-state index contributed by atoms with van der Waals surface area (Å²) in [4.78, 5) is 12.0. The minimum absolute atomic E-state index is 0.204. The topological polar surface area (TPSA) is 45.5 Å². The SMILES string of the molecule is O=C(NN1CCC=C(c2ccccc2)C1)c1ccco1. The van der Waals surface area contributed by atoms with Crippen LogP contribution >= 0.6 is 0 Å². The van der Waals surface area contributed by atoms with Crippen LogP contribution in [0.3, 0.4) is 0 Å². The first-order chi connectivity index (χ1) is 9.83. The number of carbonyl (C=O) groups excluding carboxylic acids is 1. The number of benzene rings is 1. The lowest BCUT2D eigenvalue weighted by molar-refractivity contribution is 0.0779. The molecule has 102 valence electrons. The number of amides is 1. The van der Waals surface area contributed by atoms with Crippen molar-refractivity contribution in [1.29, 1.82) is 0 Å². The molecule has 3 rings (SSSR count). The van der Waals surface area contributed by atoms with E-state index in [0.717, 1.165) is 13.0 Å². The molecule has 0 saturated heterocycles. The molecule has 1 aliphatic rings. The molecule has 0 bridgehead atoms. The molecule has 2 heterocycles. The van der Waals surface area contributed by atoms with Crippen molar-refractivity contribution in [2.45, 2.75) is 6.42 Å². The molecular formula is C16H16N2O2. The summed E-state index contributed by atoms with van der Waals surface area (Å²) in [6, 6.07) is 13.6. The standard InChI is InChI=1S/C16H16N2O2/c19-16(15-9-5-11-20-15)17-18-10-4-8-14(12-18)13-6-2-1-3-7-13/h1-3,5-9,11H,4,10,12H2,(H,17,19). The van der Waals surface area contributed by atoms with E-state index in [4.69, 9.17) is 4.42 Å². The highest BCUT2D eigenvalue weighted by molar-refractivity contribution is 5.91. The van der Waals surface area contributed by atoms with Crippen LogP contribution in [-0.4, -0.2) is 24.0 Å². The fourth-order valence-electron chi connectivity index (χ4n) is 2.31. The number of furan rings is 1. The molecule has 0 radical (unpaired) electrons. The maximum Gasteiger partial charge on any atom is 0.301 e. The van der Waals surface area contributed by atoms with Crippen molar-refractivity contribution in [3.8, 4) is 0 Å². The number of carbonyl (C=O) groups is 1. The predicted molar refractivity (Wildman–Crippen MR) is 76.8 cm³/mol. The molecule has 0 saturated carbocycles. The average Bonchev–Trinajstić information content (AvgIpc) is 3.03. The van der Waals surface area contributed by atoms with Crippen molar-refractivity contribution in [1.82, 2.24) is 10.4 Å². The van der Waals surface area contributed by atoms with E-state index in [2.05, 4.69) is 23.6 Å². The van der Waals surface area contributed by atoms with Gasteiger partial charge in [0.25, 0.3) is 0 Å². The van der Waals surface area contributed by atoms with E-state index in [1.54, 1.807) is 12.1 Å². The normalized spacial score (nSPS) is 15.7. The monoisotopic (exact) mass is 268 g/mol. The summed E-state index contributed by atoms with van der Waals surface area (Å²) in [5.41, 5.74) is 5.31. The summed E-state index contributed by atoms with van der Waals surface area (Å²) in [7, 11) is 0. The Hall–Kier alpha value is -2.33. The number of nitrogens with zero attached hydrogens (tertiary/aromatic N) is 1. The van der Waals surface area contributed by atoms with Crippen molar-refractivity contribution < 1.29 is 9.21 Å². The first-order valence-corrected chi connectivity index (χ1v) is 6.67. The number of rotatable bonds is 3. The Kier molecular flexibility index (Phi) is 3.65. The molecule has 0 unspecified atom stereocenters. The maximum atomic E-state index is 12.0. The van der Waals surface area contributed by atoms with E-state index in [0.29, 0.717) is 12.3 Å². The minimum Gasteiger partial charge on any atom is -0.459 e. The van der Waals surface area contributed by atoms with Crippen LogP contribution in [0, 0.1) is 0 Å². The van der Waals surface area contributed by atoms with Crippen molar-refractivity contribution >= 4 is 11.5 Å². The van der Waals surface area contributed by atoms with E-state index < -0.39 is 0 Å². The molecule has 0 spiro atoms. The van der Waals surface area contributed by atoms with Gasteiger partial charge in [0.05, 0.1) is 6.26 Å². The van der Waals surface area contributed by atoms with E-state index >= 15 is 0 Å². The first-order valence-electron chi connectivity index (χ1n) is 6.67. The molecule has 0 fully saturated rings. The molecule has 4 heteroatoms. The van der Waals surface area contributed by atoms with Gasteiger partial charge in [-0.3, -0.25) is 10.2 Å². The zero-order valence-electron chi connectivity index (χ0n) is 11.1. The van der Waals surface area contributed by atoms with Gasteiger partial charge in [-0.15, -0.1) is 0 Å². The summed E-state index contributed by atoms with van der Waals surface area (Å²) >= 11 is 0. The largest absolute Gasteiger partial charge is 0.459 e. The smallest absolute Gasteiger partial charge is 0.301 e. The summed E-state index contributed by atoms with van der Waals surface area (Å²) in [6.07, 6.45) is 4.65. The van der Waals surface area contributed by atoms with Gasteiger partial charge in [-0.05, 0) is 29.7 Å². The van der Waals surface area contributed by atoms with Crippen molar-refractivity contribution in [3.05, 3.63) is 66.1 Å². The predicted octanol–water partition coefficient (Wildman–Crippen LogP) is 2.71. The molecule has 1 aliphatic heterocycles. The zero-order valence-corrected chi connectivity index (χ0v) is 11.1. The van der Waals surface area contributed by atoms with Crippen molar-refractivity contribution in [2.75, 3.05) is 13.1 Å². The molecule has 1 aromatic carbocycles. The summed E-state index contributed by atoms with van der Waals surface area (Å²) in [6.45, 7) is 1.51. The van der Waals surface area contributed by atoms with E-state index in [1.807, 2.05) is 23.2 Å². The first kappa shape index (κ1) is 12.7. The van der Waals surface area contributed by atoms with Crippen LogP contribution in [0.15, 0.2) is 59.2 Å². The Morgan fingerprint density at radius 1 is 1.15 bits per heavy atom. The fourth-order valence-corrected chi connectivity index (χ4v) is 2.31. The molecular weight excluding hydrogens is 252 g/mol. The average molecular weight is 268 g/mol. The Labute approximate surface area is 117 Å². The van der Waals surface area contributed by atoms with Gasteiger partial charge in [0.15, 0.2) is 5.76 Å². The van der Waals surface area contributed by atoms with Gasteiger partial charge in [-0.1, -0.05) is 36.4 Å².